The van der Waals surface area contributed by atoms with Gasteiger partial charge in [-0.3, -0.25) is 0 Å². The maximum atomic E-state index is 13.4. The Kier molecular flexibility index (Phi) is 4.86. The fourth-order valence-electron chi connectivity index (χ4n) is 3.17. The average molecular weight is 404 g/mol. The van der Waals surface area contributed by atoms with Crippen molar-refractivity contribution in [2.24, 2.45) is 5.41 Å². The Hall–Kier alpha value is -2.28. The van der Waals surface area contributed by atoms with Gasteiger partial charge in [0, 0.05) is 24.2 Å². The molecule has 0 saturated carbocycles. The molecule has 1 aromatic carbocycles. The molecule has 28 heavy (non-hydrogen) atoms. The van der Waals surface area contributed by atoms with Crippen LogP contribution in [0.5, 0.6) is 0 Å². The summed E-state index contributed by atoms with van der Waals surface area (Å²) in [5.41, 5.74) is 1.34. The number of hydrogen-bond donors (Lipinski definition) is 0. The van der Waals surface area contributed by atoms with Crippen LogP contribution in [0.1, 0.15) is 47.4 Å². The molecule has 0 aliphatic heterocycles. The third-order valence-electron chi connectivity index (χ3n) is 4.34. The maximum absolute atomic E-state index is 13.4. The van der Waals surface area contributed by atoms with E-state index in [1.54, 1.807) is 18.2 Å². The van der Waals surface area contributed by atoms with Crippen molar-refractivity contribution in [1.82, 2.24) is 14.5 Å². The molecule has 7 heteroatoms. The SMILES string of the molecule is CC(C)(C)Cn1c(C(C)(C)C)nc2cc(S(=O)(=O)c3ccnc(F)c3)ccc21. The second-order valence-electron chi connectivity index (χ2n) is 9.30. The van der Waals surface area contributed by atoms with Crippen LogP contribution < -0.4 is 0 Å². The minimum Gasteiger partial charge on any atom is -0.327 e. The average Bonchev–Trinajstić information content (AvgIpc) is 2.91. The zero-order valence-corrected chi connectivity index (χ0v) is 17.9. The predicted molar refractivity (Wildman–Crippen MR) is 108 cm³/mol. The van der Waals surface area contributed by atoms with Gasteiger partial charge in [-0.15, -0.1) is 0 Å². The third-order valence-corrected chi connectivity index (χ3v) is 6.09. The Morgan fingerprint density at radius 1 is 1.00 bits per heavy atom. The maximum Gasteiger partial charge on any atom is 0.214 e. The van der Waals surface area contributed by atoms with Gasteiger partial charge < -0.3 is 4.57 Å². The lowest BCUT2D eigenvalue weighted by atomic mass is 9.93. The standard InChI is InChI=1S/C21H26FN3O2S/c1-20(2,3)13-25-17-8-7-14(11-16(17)24-19(25)21(4,5)6)28(26,27)15-9-10-23-18(22)12-15/h7-12H,13H2,1-6H3. The number of imidazole rings is 1. The third kappa shape index (κ3) is 3.94. The summed E-state index contributed by atoms with van der Waals surface area (Å²) in [7, 11) is -3.86. The molecule has 3 aromatic rings. The zero-order valence-electron chi connectivity index (χ0n) is 17.1. The monoisotopic (exact) mass is 403 g/mol. The second kappa shape index (κ2) is 6.65. The van der Waals surface area contributed by atoms with Crippen LogP contribution >= 0.6 is 0 Å². The molecule has 0 fully saturated rings. The Morgan fingerprint density at radius 3 is 2.21 bits per heavy atom. The summed E-state index contributed by atoms with van der Waals surface area (Å²) in [4.78, 5) is 8.16. The number of rotatable bonds is 3. The molecule has 5 nitrogen and oxygen atoms in total. The van der Waals surface area contributed by atoms with Crippen molar-refractivity contribution in [3.8, 4) is 0 Å². The van der Waals surface area contributed by atoms with Crippen LogP contribution in [0.15, 0.2) is 46.3 Å². The highest BCUT2D eigenvalue weighted by Gasteiger charge is 2.27. The van der Waals surface area contributed by atoms with Gasteiger partial charge in [-0.1, -0.05) is 41.5 Å². The summed E-state index contributed by atoms with van der Waals surface area (Å²) < 4.78 is 41.4. The van der Waals surface area contributed by atoms with Crippen LogP contribution in [0.25, 0.3) is 11.0 Å². The minimum absolute atomic E-state index is 0.0347. The number of hydrogen-bond acceptors (Lipinski definition) is 4. The van der Waals surface area contributed by atoms with Crippen molar-refractivity contribution in [1.29, 1.82) is 0 Å². The fourth-order valence-corrected chi connectivity index (χ4v) is 4.45. The van der Waals surface area contributed by atoms with E-state index in [1.165, 1.54) is 6.07 Å². The van der Waals surface area contributed by atoms with Crippen molar-refractivity contribution in [3.63, 3.8) is 0 Å². The van der Waals surface area contributed by atoms with E-state index in [2.05, 4.69) is 51.1 Å². The van der Waals surface area contributed by atoms with E-state index in [9.17, 15) is 12.8 Å². The van der Waals surface area contributed by atoms with Crippen LogP contribution in [0.4, 0.5) is 4.39 Å². The van der Waals surface area contributed by atoms with E-state index in [-0.39, 0.29) is 20.6 Å². The van der Waals surface area contributed by atoms with E-state index in [0.717, 1.165) is 30.1 Å². The summed E-state index contributed by atoms with van der Waals surface area (Å²) in [5.74, 6) is 0.0774. The van der Waals surface area contributed by atoms with Gasteiger partial charge in [-0.2, -0.15) is 4.39 Å². The first-order chi connectivity index (χ1) is 12.8. The molecule has 0 spiro atoms. The first-order valence-electron chi connectivity index (χ1n) is 9.16. The second-order valence-corrected chi connectivity index (χ2v) is 11.3. The Bertz CT molecular complexity index is 1140. The zero-order chi connectivity index (χ0) is 20.9. The molecule has 0 unspecified atom stereocenters. The van der Waals surface area contributed by atoms with Crippen molar-refractivity contribution in [3.05, 3.63) is 48.3 Å². The largest absolute Gasteiger partial charge is 0.327 e. The topological polar surface area (TPSA) is 64.8 Å². The highest BCUT2D eigenvalue weighted by atomic mass is 32.2. The summed E-state index contributed by atoms with van der Waals surface area (Å²) in [6.07, 6.45) is 1.15. The molecule has 150 valence electrons. The van der Waals surface area contributed by atoms with Gasteiger partial charge in [0.1, 0.15) is 5.82 Å². The van der Waals surface area contributed by atoms with Gasteiger partial charge in [0.05, 0.1) is 20.8 Å². The molecule has 0 amide bonds. The molecule has 3 rings (SSSR count). The number of fused-ring (bicyclic) bond motifs is 1. The fraction of sp³-hybridized carbons (Fsp3) is 0.429. The Balaban J connectivity index is 2.20. The van der Waals surface area contributed by atoms with Crippen LogP contribution in [0.3, 0.4) is 0 Å². The van der Waals surface area contributed by atoms with E-state index >= 15 is 0 Å². The summed E-state index contributed by atoms with van der Waals surface area (Å²) in [6.45, 7) is 13.5. The predicted octanol–water partition coefficient (Wildman–Crippen LogP) is 4.75. The molecule has 0 radical (unpaired) electrons. The lowest BCUT2D eigenvalue weighted by Gasteiger charge is -2.25. The van der Waals surface area contributed by atoms with Gasteiger partial charge in [0.15, 0.2) is 0 Å². The van der Waals surface area contributed by atoms with E-state index in [4.69, 9.17) is 4.98 Å². The molecular formula is C21H26FN3O2S. The lowest BCUT2D eigenvalue weighted by Crippen LogP contribution is -2.24. The highest BCUT2D eigenvalue weighted by molar-refractivity contribution is 7.91. The van der Waals surface area contributed by atoms with Crippen LogP contribution in [0.2, 0.25) is 0 Å². The quantitative estimate of drug-likeness (QED) is 0.592. The molecule has 0 saturated heterocycles. The first-order valence-corrected chi connectivity index (χ1v) is 10.6. The molecular weight excluding hydrogens is 377 g/mol. The smallest absolute Gasteiger partial charge is 0.214 e. The summed E-state index contributed by atoms with van der Waals surface area (Å²) >= 11 is 0. The minimum atomic E-state index is -3.86. The van der Waals surface area contributed by atoms with Crippen LogP contribution in [-0.2, 0) is 21.8 Å². The lowest BCUT2D eigenvalue weighted by molar-refractivity contribution is 0.332. The van der Waals surface area contributed by atoms with Crippen molar-refractivity contribution < 1.29 is 12.8 Å². The number of aromatic nitrogens is 3. The van der Waals surface area contributed by atoms with Crippen LogP contribution in [0, 0.1) is 11.4 Å². The number of halogens is 1. The summed E-state index contributed by atoms with van der Waals surface area (Å²) in [5, 5.41) is 0. The molecule has 2 aromatic heterocycles. The normalized spacial score (nSPS) is 13.2. The molecule has 2 heterocycles. The molecule has 0 aliphatic carbocycles. The number of nitrogens with zero attached hydrogens (tertiary/aromatic N) is 3. The van der Waals surface area contributed by atoms with Crippen molar-refractivity contribution in [2.45, 2.75) is 63.3 Å². The molecule has 0 atom stereocenters. The summed E-state index contributed by atoms with van der Waals surface area (Å²) in [6, 6.07) is 7.13. The van der Waals surface area contributed by atoms with Crippen molar-refractivity contribution >= 4 is 20.9 Å². The van der Waals surface area contributed by atoms with Gasteiger partial charge in [-0.05, 0) is 29.7 Å². The van der Waals surface area contributed by atoms with Gasteiger partial charge in [0.2, 0.25) is 15.8 Å². The van der Waals surface area contributed by atoms with E-state index in [0.29, 0.717) is 5.52 Å². The Morgan fingerprint density at radius 2 is 1.64 bits per heavy atom. The number of benzene rings is 1. The Labute approximate surface area is 165 Å². The molecule has 0 aliphatic rings. The highest BCUT2D eigenvalue weighted by Crippen LogP contribution is 2.32. The van der Waals surface area contributed by atoms with E-state index in [1.807, 2.05) is 0 Å². The van der Waals surface area contributed by atoms with Crippen LogP contribution in [-0.4, -0.2) is 23.0 Å². The number of pyridine rings is 1. The van der Waals surface area contributed by atoms with Gasteiger partial charge in [0.25, 0.3) is 0 Å². The van der Waals surface area contributed by atoms with Gasteiger partial charge in [-0.25, -0.2) is 18.4 Å². The van der Waals surface area contributed by atoms with E-state index < -0.39 is 15.8 Å². The molecule has 0 N–H and O–H groups in total. The number of sulfone groups is 1. The van der Waals surface area contributed by atoms with Crippen molar-refractivity contribution in [2.75, 3.05) is 0 Å². The van der Waals surface area contributed by atoms with Gasteiger partial charge >= 0.3 is 0 Å². The molecule has 0 bridgehead atoms. The first kappa shape index (κ1) is 20.5.